The van der Waals surface area contributed by atoms with Crippen LogP contribution in [0.1, 0.15) is 0 Å². The molecule has 0 spiro atoms. The van der Waals surface area contributed by atoms with Crippen molar-refractivity contribution in [2.24, 2.45) is 0 Å². The molecule has 4 nitrogen and oxygen atoms in total. The largest absolute Gasteiger partial charge is 0.468 e. The zero-order valence-corrected chi connectivity index (χ0v) is 9.06. The van der Waals surface area contributed by atoms with Crippen molar-refractivity contribution in [3.8, 4) is 0 Å². The summed E-state index contributed by atoms with van der Waals surface area (Å²) in [6.07, 6.45) is 0. The van der Waals surface area contributed by atoms with Gasteiger partial charge in [0.1, 0.15) is 11.0 Å². The van der Waals surface area contributed by atoms with E-state index >= 15 is 0 Å². The van der Waals surface area contributed by atoms with Crippen molar-refractivity contribution in [2.45, 2.75) is 4.90 Å². The van der Waals surface area contributed by atoms with Gasteiger partial charge in [-0.2, -0.15) is 0 Å². The third-order valence-corrected chi connectivity index (χ3v) is 2.67. The number of thioether (sulfide) groups is 1. The number of aromatic nitrogens is 1. The predicted molar refractivity (Wildman–Crippen MR) is 56.4 cm³/mol. The number of nitrogen functional groups attached to an aromatic ring is 1. The summed E-state index contributed by atoms with van der Waals surface area (Å²) in [7, 11) is 1.34. The molecule has 0 saturated heterocycles. The van der Waals surface area contributed by atoms with Gasteiger partial charge in [-0.25, -0.2) is 4.98 Å². The summed E-state index contributed by atoms with van der Waals surface area (Å²) in [4.78, 5) is 15.4. The SMILES string of the molecule is COC(=O)CSc1ccc(Cl)nc1N. The van der Waals surface area contributed by atoms with Crippen LogP contribution in [-0.2, 0) is 9.53 Å². The molecule has 0 radical (unpaired) electrons. The minimum atomic E-state index is -0.302. The lowest BCUT2D eigenvalue weighted by Crippen LogP contribution is -2.03. The Morgan fingerprint density at radius 3 is 3.00 bits per heavy atom. The number of carbonyl (C=O) groups excluding carboxylic acids is 1. The van der Waals surface area contributed by atoms with Crippen molar-refractivity contribution in [3.63, 3.8) is 0 Å². The molecule has 0 aliphatic heterocycles. The van der Waals surface area contributed by atoms with Crippen molar-refractivity contribution in [3.05, 3.63) is 17.3 Å². The van der Waals surface area contributed by atoms with Crippen molar-refractivity contribution >= 4 is 35.1 Å². The number of anilines is 1. The summed E-state index contributed by atoms with van der Waals surface area (Å²) in [6.45, 7) is 0. The van der Waals surface area contributed by atoms with E-state index in [0.717, 1.165) is 4.90 Å². The van der Waals surface area contributed by atoms with Gasteiger partial charge in [-0.1, -0.05) is 11.6 Å². The molecular weight excluding hydrogens is 224 g/mol. The lowest BCUT2D eigenvalue weighted by atomic mass is 10.5. The average molecular weight is 233 g/mol. The van der Waals surface area contributed by atoms with Crippen LogP contribution in [0.15, 0.2) is 17.0 Å². The van der Waals surface area contributed by atoms with Gasteiger partial charge in [0.15, 0.2) is 0 Å². The number of rotatable bonds is 3. The summed E-state index contributed by atoms with van der Waals surface area (Å²) in [5.41, 5.74) is 5.58. The number of methoxy groups -OCH3 is 1. The van der Waals surface area contributed by atoms with Crippen LogP contribution in [0.4, 0.5) is 5.82 Å². The number of nitrogens with two attached hydrogens (primary N) is 1. The van der Waals surface area contributed by atoms with Crippen LogP contribution in [0.5, 0.6) is 0 Å². The molecular formula is C8H9ClN2O2S. The maximum Gasteiger partial charge on any atom is 0.315 e. The molecule has 1 aromatic heterocycles. The summed E-state index contributed by atoms with van der Waals surface area (Å²) in [5, 5.41) is 0.338. The Bertz CT molecular complexity index is 346. The van der Waals surface area contributed by atoms with Gasteiger partial charge < -0.3 is 10.5 Å². The highest BCUT2D eigenvalue weighted by molar-refractivity contribution is 8.00. The number of esters is 1. The van der Waals surface area contributed by atoms with E-state index in [9.17, 15) is 4.79 Å². The molecule has 14 heavy (non-hydrogen) atoms. The molecule has 0 bridgehead atoms. The molecule has 0 unspecified atom stereocenters. The maximum atomic E-state index is 10.8. The fourth-order valence-electron chi connectivity index (χ4n) is 0.755. The first kappa shape index (κ1) is 11.1. The number of halogens is 1. The molecule has 6 heteroatoms. The number of carbonyl (C=O) groups is 1. The number of hydrogen-bond donors (Lipinski definition) is 1. The highest BCUT2D eigenvalue weighted by atomic mass is 35.5. The van der Waals surface area contributed by atoms with Crippen LogP contribution >= 0.6 is 23.4 Å². The van der Waals surface area contributed by atoms with Crippen LogP contribution in [0, 0.1) is 0 Å². The van der Waals surface area contributed by atoms with E-state index < -0.39 is 0 Å². The van der Waals surface area contributed by atoms with E-state index in [1.165, 1.54) is 18.9 Å². The first-order valence-electron chi connectivity index (χ1n) is 3.75. The molecule has 0 aliphatic rings. The molecule has 0 aromatic carbocycles. The lowest BCUT2D eigenvalue weighted by molar-refractivity contribution is -0.137. The minimum Gasteiger partial charge on any atom is -0.468 e. The molecule has 0 amide bonds. The predicted octanol–water partition coefficient (Wildman–Crippen LogP) is 1.58. The Morgan fingerprint density at radius 1 is 1.71 bits per heavy atom. The van der Waals surface area contributed by atoms with Gasteiger partial charge in [-0.15, -0.1) is 11.8 Å². The topological polar surface area (TPSA) is 65.2 Å². The fraction of sp³-hybridized carbons (Fsp3) is 0.250. The normalized spacial score (nSPS) is 9.86. The van der Waals surface area contributed by atoms with Crippen LogP contribution in [-0.4, -0.2) is 23.8 Å². The van der Waals surface area contributed by atoms with Crippen LogP contribution < -0.4 is 5.73 Å². The van der Waals surface area contributed by atoms with Crippen LogP contribution in [0.3, 0.4) is 0 Å². The first-order valence-corrected chi connectivity index (χ1v) is 5.11. The lowest BCUT2D eigenvalue weighted by Gasteiger charge is -2.03. The van der Waals surface area contributed by atoms with Gasteiger partial charge in [-0.05, 0) is 12.1 Å². The van der Waals surface area contributed by atoms with Gasteiger partial charge in [0.2, 0.25) is 0 Å². The Balaban J connectivity index is 2.63. The monoisotopic (exact) mass is 232 g/mol. The Hall–Kier alpha value is -0.940. The van der Waals surface area contributed by atoms with Crippen molar-refractivity contribution in [1.29, 1.82) is 0 Å². The zero-order valence-electron chi connectivity index (χ0n) is 7.49. The summed E-state index contributed by atoms with van der Waals surface area (Å²) < 4.78 is 4.49. The summed E-state index contributed by atoms with van der Waals surface area (Å²) in [6, 6.07) is 3.34. The van der Waals surface area contributed by atoms with Gasteiger partial charge >= 0.3 is 5.97 Å². The minimum absolute atomic E-state index is 0.212. The van der Waals surface area contributed by atoms with E-state index in [1.54, 1.807) is 12.1 Å². The molecule has 0 fully saturated rings. The van der Waals surface area contributed by atoms with Crippen LogP contribution in [0.25, 0.3) is 0 Å². The van der Waals surface area contributed by atoms with Gasteiger partial charge in [0.25, 0.3) is 0 Å². The quantitative estimate of drug-likeness (QED) is 0.487. The number of hydrogen-bond acceptors (Lipinski definition) is 5. The Labute approximate surface area is 90.8 Å². The number of pyridine rings is 1. The highest BCUT2D eigenvalue weighted by Gasteiger charge is 2.06. The maximum absolute atomic E-state index is 10.8. The molecule has 0 aliphatic carbocycles. The number of nitrogens with zero attached hydrogens (tertiary/aromatic N) is 1. The van der Waals surface area contributed by atoms with Crippen LogP contribution in [0.2, 0.25) is 5.15 Å². The third kappa shape index (κ3) is 3.08. The van der Waals surface area contributed by atoms with Crippen molar-refractivity contribution in [1.82, 2.24) is 4.98 Å². The van der Waals surface area contributed by atoms with E-state index in [-0.39, 0.29) is 11.7 Å². The summed E-state index contributed by atoms with van der Waals surface area (Å²) >= 11 is 6.88. The molecule has 0 saturated carbocycles. The zero-order chi connectivity index (χ0) is 10.6. The smallest absolute Gasteiger partial charge is 0.315 e. The van der Waals surface area contributed by atoms with E-state index in [4.69, 9.17) is 17.3 Å². The van der Waals surface area contributed by atoms with Crippen molar-refractivity contribution in [2.75, 3.05) is 18.6 Å². The Morgan fingerprint density at radius 2 is 2.43 bits per heavy atom. The second-order valence-electron chi connectivity index (χ2n) is 2.38. The second kappa shape index (κ2) is 5.07. The van der Waals surface area contributed by atoms with Gasteiger partial charge in [-0.3, -0.25) is 4.79 Å². The fourth-order valence-corrected chi connectivity index (χ4v) is 1.66. The highest BCUT2D eigenvalue weighted by Crippen LogP contribution is 2.24. The molecule has 1 heterocycles. The van der Waals surface area contributed by atoms with E-state index in [2.05, 4.69) is 9.72 Å². The Kier molecular flexibility index (Phi) is 4.03. The number of ether oxygens (including phenoxy) is 1. The third-order valence-electron chi connectivity index (χ3n) is 1.43. The molecule has 1 rings (SSSR count). The second-order valence-corrected chi connectivity index (χ2v) is 3.79. The van der Waals surface area contributed by atoms with Gasteiger partial charge in [0.05, 0.1) is 17.8 Å². The standard InChI is InChI=1S/C8H9ClN2O2S/c1-13-7(12)4-14-5-2-3-6(9)11-8(5)10/h2-3H,4H2,1H3,(H2,10,11). The van der Waals surface area contributed by atoms with Crippen molar-refractivity contribution < 1.29 is 9.53 Å². The van der Waals surface area contributed by atoms with E-state index in [1.807, 2.05) is 0 Å². The molecule has 76 valence electrons. The molecule has 0 atom stereocenters. The van der Waals surface area contributed by atoms with E-state index in [0.29, 0.717) is 11.0 Å². The average Bonchev–Trinajstić information content (AvgIpc) is 2.16. The molecule has 1 aromatic rings. The summed E-state index contributed by atoms with van der Waals surface area (Å²) in [5.74, 6) is 0.236. The molecule has 2 N–H and O–H groups in total. The van der Waals surface area contributed by atoms with Gasteiger partial charge in [0, 0.05) is 0 Å². The first-order chi connectivity index (χ1) is 6.63.